The van der Waals surface area contributed by atoms with Gasteiger partial charge in [0.25, 0.3) is 0 Å². The van der Waals surface area contributed by atoms with Crippen molar-refractivity contribution in [3.8, 4) is 0 Å². The third-order valence-electron chi connectivity index (χ3n) is 9.00. The number of rotatable bonds is 4. The molecule has 0 aromatic carbocycles. The Bertz CT molecular complexity index is 699. The number of nitrogens with zero attached hydrogens (tertiary/aromatic N) is 1. The van der Waals surface area contributed by atoms with E-state index in [1.54, 1.807) is 0 Å². The van der Waals surface area contributed by atoms with E-state index >= 15 is 0 Å². The van der Waals surface area contributed by atoms with Crippen molar-refractivity contribution < 1.29 is 19.8 Å². The second-order valence-corrected chi connectivity index (χ2v) is 10.2. The van der Waals surface area contributed by atoms with E-state index in [0.717, 1.165) is 42.7 Å². The molecule has 0 spiro atoms. The van der Waals surface area contributed by atoms with Crippen molar-refractivity contribution in [1.29, 1.82) is 0 Å². The largest absolute Gasteiger partial charge is 0.479 e. The van der Waals surface area contributed by atoms with Crippen molar-refractivity contribution >= 4 is 11.7 Å². The van der Waals surface area contributed by atoms with Crippen molar-refractivity contribution in [2.75, 3.05) is 6.61 Å². The average molecular weight is 390 g/mol. The fraction of sp³-hybridized carbons (Fsp3) is 0.826. The molecule has 0 amide bonds. The monoisotopic (exact) mass is 389 g/mol. The molecule has 4 aliphatic carbocycles. The highest BCUT2D eigenvalue weighted by Gasteiger charge is 2.59. The second-order valence-electron chi connectivity index (χ2n) is 10.2. The minimum Gasteiger partial charge on any atom is -0.479 e. The summed E-state index contributed by atoms with van der Waals surface area (Å²) in [5.74, 6) is 1.71. The Morgan fingerprint density at radius 3 is 2.71 bits per heavy atom. The summed E-state index contributed by atoms with van der Waals surface area (Å²) in [7, 11) is 0. The summed E-state index contributed by atoms with van der Waals surface area (Å²) in [5, 5.41) is 23.2. The number of hydrogen-bond donors (Lipinski definition) is 2. The van der Waals surface area contributed by atoms with Crippen LogP contribution in [0.3, 0.4) is 0 Å². The Labute approximate surface area is 168 Å². The zero-order chi connectivity index (χ0) is 20.1. The van der Waals surface area contributed by atoms with E-state index in [9.17, 15) is 9.90 Å². The van der Waals surface area contributed by atoms with Crippen molar-refractivity contribution in [2.45, 2.75) is 78.2 Å². The molecule has 5 nitrogen and oxygen atoms in total. The zero-order valence-corrected chi connectivity index (χ0v) is 17.5. The van der Waals surface area contributed by atoms with Crippen LogP contribution in [0.15, 0.2) is 16.8 Å². The first-order valence-corrected chi connectivity index (χ1v) is 11.1. The van der Waals surface area contributed by atoms with Gasteiger partial charge in [0.05, 0.1) is 11.8 Å². The summed E-state index contributed by atoms with van der Waals surface area (Å²) >= 11 is 0. The van der Waals surface area contributed by atoms with Crippen LogP contribution < -0.4 is 0 Å². The molecule has 0 radical (unpaired) electrons. The quantitative estimate of drug-likeness (QED) is 0.698. The molecule has 6 unspecified atom stereocenters. The van der Waals surface area contributed by atoms with Crippen LogP contribution in [0.4, 0.5) is 0 Å². The normalized spacial score (nSPS) is 44.9. The van der Waals surface area contributed by atoms with Gasteiger partial charge < -0.3 is 15.1 Å². The van der Waals surface area contributed by atoms with E-state index in [2.05, 4.69) is 25.1 Å². The maximum atomic E-state index is 10.6. The molecular weight excluding hydrogens is 354 g/mol. The molecule has 3 saturated carbocycles. The first kappa shape index (κ1) is 19.9. The van der Waals surface area contributed by atoms with Gasteiger partial charge in [-0.05, 0) is 98.9 Å². The van der Waals surface area contributed by atoms with Crippen LogP contribution in [0.25, 0.3) is 0 Å². The summed E-state index contributed by atoms with van der Waals surface area (Å²) in [6.07, 6.45) is 11.3. The number of aliphatic hydroxyl groups excluding tert-OH is 1. The number of aliphatic hydroxyl groups is 1. The summed E-state index contributed by atoms with van der Waals surface area (Å²) in [6, 6.07) is 0. The number of aliphatic carboxylic acids is 1. The van der Waals surface area contributed by atoms with Crippen LogP contribution in [0.2, 0.25) is 0 Å². The number of carbonyl (C=O) groups is 1. The zero-order valence-electron chi connectivity index (χ0n) is 17.5. The van der Waals surface area contributed by atoms with Crippen LogP contribution in [-0.4, -0.2) is 34.6 Å². The van der Waals surface area contributed by atoms with Crippen LogP contribution in [0.1, 0.15) is 72.1 Å². The number of carboxylic acid groups (broad SMARTS) is 1. The number of oxime groups is 1. The number of hydrogen-bond acceptors (Lipinski definition) is 4. The first-order chi connectivity index (χ1) is 13.3. The third-order valence-corrected chi connectivity index (χ3v) is 9.00. The lowest BCUT2D eigenvalue weighted by Crippen LogP contribution is -2.51. The highest BCUT2D eigenvalue weighted by molar-refractivity contribution is 5.96. The third kappa shape index (κ3) is 3.10. The van der Waals surface area contributed by atoms with Gasteiger partial charge in [-0.15, -0.1) is 0 Å². The fourth-order valence-electron chi connectivity index (χ4n) is 7.65. The molecule has 156 valence electrons. The average Bonchev–Trinajstić information content (AvgIpc) is 2.99. The molecule has 0 aromatic heterocycles. The van der Waals surface area contributed by atoms with Crippen molar-refractivity contribution in [1.82, 2.24) is 0 Å². The highest BCUT2D eigenvalue weighted by Crippen LogP contribution is 2.66. The van der Waals surface area contributed by atoms with Gasteiger partial charge in [0.15, 0.2) is 0 Å². The lowest BCUT2D eigenvalue weighted by atomic mass is 9.46. The molecule has 0 aromatic rings. The van der Waals surface area contributed by atoms with E-state index in [1.165, 1.54) is 37.7 Å². The van der Waals surface area contributed by atoms with E-state index in [-0.39, 0.29) is 18.1 Å². The van der Waals surface area contributed by atoms with Gasteiger partial charge in [-0.3, -0.25) is 0 Å². The van der Waals surface area contributed by atoms with Gasteiger partial charge in [-0.2, -0.15) is 0 Å². The minimum absolute atomic E-state index is 0.194. The molecule has 0 heterocycles. The summed E-state index contributed by atoms with van der Waals surface area (Å²) < 4.78 is 0. The van der Waals surface area contributed by atoms with Crippen molar-refractivity contribution in [3.63, 3.8) is 0 Å². The number of carboxylic acids is 1. The molecule has 5 heteroatoms. The molecule has 0 saturated heterocycles. The van der Waals surface area contributed by atoms with Crippen LogP contribution in [-0.2, 0) is 9.63 Å². The summed E-state index contributed by atoms with van der Waals surface area (Å²) in [6.45, 7) is 6.52. The maximum absolute atomic E-state index is 10.6. The molecule has 4 rings (SSSR count). The molecule has 3 fully saturated rings. The molecule has 28 heavy (non-hydrogen) atoms. The van der Waals surface area contributed by atoms with E-state index < -0.39 is 5.97 Å². The predicted octanol–water partition coefficient (Wildman–Crippen LogP) is 4.40. The van der Waals surface area contributed by atoms with Gasteiger partial charge in [0.2, 0.25) is 6.61 Å². The molecule has 2 N–H and O–H groups in total. The van der Waals surface area contributed by atoms with Gasteiger partial charge in [-0.25, -0.2) is 4.79 Å². The van der Waals surface area contributed by atoms with E-state index in [4.69, 9.17) is 9.94 Å². The van der Waals surface area contributed by atoms with Crippen molar-refractivity contribution in [2.24, 2.45) is 39.7 Å². The minimum atomic E-state index is -0.990. The number of fused-ring (bicyclic) bond motifs is 5. The molecule has 0 bridgehead atoms. The van der Waals surface area contributed by atoms with Gasteiger partial charge in [-0.1, -0.05) is 24.6 Å². The standard InChI is InChI=1S/C23H35NO4/c1-14(25)18-6-7-19-17-5-4-15-12-16(24-28-13-21(26)27)8-10-22(15,2)20(17)9-11-23(18,19)3/h12,14,17-20,25H,4-11,13H2,1-3H3,(H,26,27)/t14-,17?,18?,19?,20?,22?,23?/m0/s1. The second kappa shape index (κ2) is 7.16. The van der Waals surface area contributed by atoms with E-state index in [1.807, 2.05) is 6.92 Å². The molecular formula is C23H35NO4. The Balaban J connectivity index is 1.54. The van der Waals surface area contributed by atoms with Gasteiger partial charge in [0.1, 0.15) is 0 Å². The predicted molar refractivity (Wildman–Crippen MR) is 108 cm³/mol. The summed E-state index contributed by atoms with van der Waals surface area (Å²) in [4.78, 5) is 15.6. The van der Waals surface area contributed by atoms with Crippen LogP contribution in [0, 0.1) is 34.5 Å². The number of allylic oxidation sites excluding steroid dienone is 2. The van der Waals surface area contributed by atoms with Crippen LogP contribution >= 0.6 is 0 Å². The first-order valence-electron chi connectivity index (χ1n) is 11.1. The lowest BCUT2D eigenvalue weighted by Gasteiger charge is -2.58. The smallest absolute Gasteiger partial charge is 0.344 e. The Kier molecular flexibility index (Phi) is 5.09. The topological polar surface area (TPSA) is 79.1 Å². The Morgan fingerprint density at radius 1 is 1.21 bits per heavy atom. The molecule has 4 aliphatic rings. The lowest BCUT2D eigenvalue weighted by molar-refractivity contribution is -0.142. The molecule has 0 aliphatic heterocycles. The van der Waals surface area contributed by atoms with Crippen LogP contribution in [0.5, 0.6) is 0 Å². The summed E-state index contributed by atoms with van der Waals surface area (Å²) in [5.41, 5.74) is 2.92. The van der Waals surface area contributed by atoms with Crippen molar-refractivity contribution in [3.05, 3.63) is 11.6 Å². The highest BCUT2D eigenvalue weighted by atomic mass is 16.6. The van der Waals surface area contributed by atoms with Gasteiger partial charge in [0, 0.05) is 0 Å². The maximum Gasteiger partial charge on any atom is 0.344 e. The SMILES string of the molecule is C[C@H](O)C1CCC2C3CCC4=CC(=NOCC(=O)O)CCC4(C)C3CCC21C. The Morgan fingerprint density at radius 2 is 2.00 bits per heavy atom. The van der Waals surface area contributed by atoms with Gasteiger partial charge >= 0.3 is 5.97 Å². The van der Waals surface area contributed by atoms with E-state index in [0.29, 0.717) is 11.3 Å². The Hall–Kier alpha value is -1.36. The molecule has 7 atom stereocenters. The fourth-order valence-corrected chi connectivity index (χ4v) is 7.65.